The van der Waals surface area contributed by atoms with Gasteiger partial charge in [-0.1, -0.05) is 57.3 Å². The Morgan fingerprint density at radius 1 is 0.947 bits per heavy atom. The predicted octanol–water partition coefficient (Wildman–Crippen LogP) is 6.72. The normalized spacial score (nSPS) is 17.7. The first-order valence-corrected chi connectivity index (χ1v) is 8.89. The van der Waals surface area contributed by atoms with E-state index < -0.39 is 0 Å². The van der Waals surface area contributed by atoms with Gasteiger partial charge in [0.15, 0.2) is 0 Å². The number of hydrogen-bond donors (Lipinski definition) is 0. The van der Waals surface area contributed by atoms with Crippen LogP contribution in [0.5, 0.6) is 0 Å². The number of halogens is 1. The summed E-state index contributed by atoms with van der Waals surface area (Å²) in [6.07, 6.45) is 19.1. The van der Waals surface area contributed by atoms with Crippen molar-refractivity contribution in [3.63, 3.8) is 0 Å². The molecule has 1 fully saturated rings. The smallest absolute Gasteiger partial charge is 0.0214 e. The Morgan fingerprint density at radius 2 is 1.58 bits per heavy atom. The molecule has 1 aliphatic carbocycles. The van der Waals surface area contributed by atoms with Crippen LogP contribution in [-0.2, 0) is 0 Å². The van der Waals surface area contributed by atoms with E-state index >= 15 is 0 Å². The Kier molecular flexibility index (Phi) is 9.24. The van der Waals surface area contributed by atoms with Gasteiger partial charge in [-0.05, 0) is 65.2 Å². The fourth-order valence-corrected chi connectivity index (χ4v) is 3.15. The van der Waals surface area contributed by atoms with Gasteiger partial charge in [-0.3, -0.25) is 0 Å². The van der Waals surface area contributed by atoms with Gasteiger partial charge in [-0.25, -0.2) is 0 Å². The van der Waals surface area contributed by atoms with E-state index in [2.05, 4.69) is 48.0 Å². The average molecular weight is 325 g/mol. The molecule has 1 rings (SSSR count). The number of rotatable bonds is 7. The fourth-order valence-electron chi connectivity index (χ4n) is 2.60. The van der Waals surface area contributed by atoms with Crippen LogP contribution in [0.3, 0.4) is 0 Å². The molecule has 1 saturated carbocycles. The summed E-state index contributed by atoms with van der Waals surface area (Å²) in [4.78, 5) is 0. The second-order valence-electron chi connectivity index (χ2n) is 5.76. The summed E-state index contributed by atoms with van der Waals surface area (Å²) >= 11 is 3.44. The Hall–Kier alpha value is -0.300. The van der Waals surface area contributed by atoms with Crippen LogP contribution in [0.15, 0.2) is 34.9 Å². The third-order valence-corrected chi connectivity index (χ3v) is 4.25. The van der Waals surface area contributed by atoms with Gasteiger partial charge in [0, 0.05) is 5.33 Å². The van der Waals surface area contributed by atoms with E-state index in [1.165, 1.54) is 63.4 Å². The maximum Gasteiger partial charge on any atom is 0.0214 e. The number of alkyl halides is 1. The van der Waals surface area contributed by atoms with Crippen LogP contribution in [-0.4, -0.2) is 5.33 Å². The lowest BCUT2D eigenvalue weighted by Crippen LogP contribution is -1.93. The van der Waals surface area contributed by atoms with Crippen LogP contribution in [0.2, 0.25) is 0 Å². The molecule has 0 aromatic carbocycles. The molecule has 0 saturated heterocycles. The summed E-state index contributed by atoms with van der Waals surface area (Å²) in [6.45, 7) is 4.50. The maximum absolute atomic E-state index is 3.44. The monoisotopic (exact) mass is 324 g/mol. The molecule has 0 N–H and O–H groups in total. The molecule has 0 bridgehead atoms. The number of hydrogen-bond acceptors (Lipinski definition) is 0. The van der Waals surface area contributed by atoms with Gasteiger partial charge in [-0.15, -0.1) is 0 Å². The van der Waals surface area contributed by atoms with Crippen molar-refractivity contribution in [3.05, 3.63) is 34.9 Å². The van der Waals surface area contributed by atoms with Crippen LogP contribution >= 0.6 is 15.9 Å². The topological polar surface area (TPSA) is 0 Å². The minimum atomic E-state index is 0.981. The van der Waals surface area contributed by atoms with Crippen molar-refractivity contribution in [2.24, 2.45) is 0 Å². The third-order valence-electron chi connectivity index (χ3n) is 3.92. The first kappa shape index (κ1) is 16.8. The summed E-state index contributed by atoms with van der Waals surface area (Å²) in [6, 6.07) is 0. The van der Waals surface area contributed by atoms with Crippen molar-refractivity contribution in [1.29, 1.82) is 0 Å². The first-order chi connectivity index (χ1) is 9.22. The summed E-state index contributed by atoms with van der Waals surface area (Å²) < 4.78 is 0. The first-order valence-electron chi connectivity index (χ1n) is 7.77. The molecule has 0 nitrogen and oxygen atoms in total. The zero-order valence-electron chi connectivity index (χ0n) is 12.7. The number of allylic oxidation sites excluding steroid dienone is 6. The average Bonchev–Trinajstić information content (AvgIpc) is 2.40. The molecule has 0 aliphatic heterocycles. The molecule has 0 heterocycles. The lowest BCUT2D eigenvalue weighted by Gasteiger charge is -2.13. The fraction of sp³-hybridized carbons (Fsp3) is 0.667. The van der Waals surface area contributed by atoms with Crippen LogP contribution in [0.4, 0.5) is 0 Å². The minimum Gasteiger partial charge on any atom is -0.0883 e. The molecule has 1 heteroatoms. The van der Waals surface area contributed by atoms with E-state index in [9.17, 15) is 0 Å². The van der Waals surface area contributed by atoms with Gasteiger partial charge in [0.1, 0.15) is 0 Å². The quantitative estimate of drug-likeness (QED) is 0.360. The van der Waals surface area contributed by atoms with Gasteiger partial charge in [0.2, 0.25) is 0 Å². The Labute approximate surface area is 128 Å². The zero-order valence-corrected chi connectivity index (χ0v) is 14.3. The van der Waals surface area contributed by atoms with E-state index in [-0.39, 0.29) is 0 Å². The molecule has 1 aliphatic rings. The van der Waals surface area contributed by atoms with E-state index in [1.54, 1.807) is 11.1 Å². The highest BCUT2D eigenvalue weighted by atomic mass is 79.9. The molecule has 0 unspecified atom stereocenters. The second kappa shape index (κ2) is 10.5. The van der Waals surface area contributed by atoms with Crippen molar-refractivity contribution in [2.45, 2.75) is 71.6 Å². The van der Waals surface area contributed by atoms with E-state index in [0.29, 0.717) is 0 Å². The molecule has 0 aromatic heterocycles. The summed E-state index contributed by atoms with van der Waals surface area (Å²) in [5, 5.41) is 0.981. The van der Waals surface area contributed by atoms with Gasteiger partial charge in [0.25, 0.3) is 0 Å². The lowest BCUT2D eigenvalue weighted by atomic mass is 9.93. The van der Waals surface area contributed by atoms with Crippen molar-refractivity contribution in [2.75, 3.05) is 5.33 Å². The Bertz CT molecular complexity index is 326. The van der Waals surface area contributed by atoms with Crippen LogP contribution in [0.25, 0.3) is 0 Å². The second-order valence-corrected chi connectivity index (χ2v) is 6.40. The van der Waals surface area contributed by atoms with Gasteiger partial charge in [-0.2, -0.15) is 0 Å². The third kappa shape index (κ3) is 8.47. The van der Waals surface area contributed by atoms with Crippen LogP contribution in [0.1, 0.15) is 71.6 Å². The lowest BCUT2D eigenvalue weighted by molar-refractivity contribution is 0.596. The molecule has 0 spiro atoms. The van der Waals surface area contributed by atoms with Crippen molar-refractivity contribution in [1.82, 2.24) is 0 Å². The molecule has 0 aromatic rings. The highest BCUT2D eigenvalue weighted by Crippen LogP contribution is 2.23. The molecule has 19 heavy (non-hydrogen) atoms. The van der Waals surface area contributed by atoms with E-state index in [1.807, 2.05) is 0 Å². The molecular formula is C18H29Br. The highest BCUT2D eigenvalue weighted by Gasteiger charge is 2.03. The zero-order chi connectivity index (χ0) is 13.9. The summed E-state index contributed by atoms with van der Waals surface area (Å²) in [5.74, 6) is 0. The van der Waals surface area contributed by atoms with Crippen molar-refractivity contribution in [3.8, 4) is 0 Å². The maximum atomic E-state index is 3.44. The van der Waals surface area contributed by atoms with Crippen molar-refractivity contribution >= 4 is 15.9 Å². The van der Waals surface area contributed by atoms with E-state index in [0.717, 1.165) is 5.33 Å². The molecule has 108 valence electrons. The standard InChI is InChI=1S/C18H29Br/c1-16(8-6-9-17(2)14-15-19)10-7-13-18-11-4-3-5-12-18/h8,13-14H,3-7,9-12,15H2,1-2H3/b16-8+,17-14+. The Morgan fingerprint density at radius 3 is 2.26 bits per heavy atom. The summed E-state index contributed by atoms with van der Waals surface area (Å²) in [5.41, 5.74) is 4.76. The van der Waals surface area contributed by atoms with Gasteiger partial charge >= 0.3 is 0 Å². The SMILES string of the molecule is C/C(=C\CC/C(C)=C/CBr)CCC=C1CCCCC1. The Balaban J connectivity index is 2.19. The summed E-state index contributed by atoms with van der Waals surface area (Å²) in [7, 11) is 0. The van der Waals surface area contributed by atoms with Gasteiger partial charge < -0.3 is 0 Å². The van der Waals surface area contributed by atoms with E-state index in [4.69, 9.17) is 0 Å². The predicted molar refractivity (Wildman–Crippen MR) is 90.9 cm³/mol. The van der Waals surface area contributed by atoms with Crippen LogP contribution < -0.4 is 0 Å². The largest absolute Gasteiger partial charge is 0.0883 e. The van der Waals surface area contributed by atoms with Crippen molar-refractivity contribution < 1.29 is 0 Å². The van der Waals surface area contributed by atoms with Gasteiger partial charge in [0.05, 0.1) is 0 Å². The molecule has 0 amide bonds. The highest BCUT2D eigenvalue weighted by molar-refractivity contribution is 9.09. The molecule has 0 atom stereocenters. The molecular weight excluding hydrogens is 296 g/mol. The molecule has 0 radical (unpaired) electrons. The minimum absolute atomic E-state index is 0.981. The van der Waals surface area contributed by atoms with Crippen LogP contribution in [0, 0.1) is 0 Å².